The fraction of sp³-hybridized carbons (Fsp3) is 0.0556. The molecule has 0 unspecified atom stereocenters. The Balaban J connectivity index is 1.57. The van der Waals surface area contributed by atoms with Crippen molar-refractivity contribution in [2.24, 2.45) is 0 Å². The van der Waals surface area contributed by atoms with Crippen molar-refractivity contribution in [1.29, 1.82) is 0 Å². The van der Waals surface area contributed by atoms with Crippen molar-refractivity contribution in [2.75, 3.05) is 0 Å². The fourth-order valence-electron chi connectivity index (χ4n) is 2.57. The normalized spacial score (nSPS) is 10.9. The van der Waals surface area contributed by atoms with Crippen molar-refractivity contribution in [3.8, 4) is 11.4 Å². The second-order valence-electron chi connectivity index (χ2n) is 5.58. The van der Waals surface area contributed by atoms with Crippen molar-refractivity contribution in [1.82, 2.24) is 24.9 Å². The first-order valence-corrected chi connectivity index (χ1v) is 7.71. The molecule has 0 saturated carbocycles. The Morgan fingerprint density at radius 1 is 1.12 bits per heavy atom. The molecule has 25 heavy (non-hydrogen) atoms. The molecule has 0 aliphatic rings. The van der Waals surface area contributed by atoms with Gasteiger partial charge in [-0.15, -0.1) is 10.2 Å². The summed E-state index contributed by atoms with van der Waals surface area (Å²) in [6, 6.07) is 11.4. The minimum absolute atomic E-state index is 0.222. The number of rotatable bonds is 4. The van der Waals surface area contributed by atoms with Crippen LogP contribution in [0, 0.1) is 5.82 Å². The van der Waals surface area contributed by atoms with Crippen LogP contribution < -0.4 is 5.32 Å². The number of H-pyrrole nitrogens is 1. The predicted molar refractivity (Wildman–Crippen MR) is 90.3 cm³/mol. The minimum atomic E-state index is -0.301. The monoisotopic (exact) mass is 335 g/mol. The van der Waals surface area contributed by atoms with E-state index in [1.807, 2.05) is 12.3 Å². The molecule has 4 aromatic rings. The van der Waals surface area contributed by atoms with Crippen molar-refractivity contribution in [3.05, 3.63) is 78.0 Å². The molecule has 0 aliphatic heterocycles. The number of carbonyl (C=O) groups is 1. The van der Waals surface area contributed by atoms with E-state index in [-0.39, 0.29) is 11.7 Å². The number of aromatic amines is 1. The number of hydrogen-bond donors (Lipinski definition) is 2. The molecule has 6 nitrogen and oxygen atoms in total. The van der Waals surface area contributed by atoms with Crippen molar-refractivity contribution in [2.45, 2.75) is 6.54 Å². The maximum absolute atomic E-state index is 12.9. The third kappa shape index (κ3) is 2.99. The molecule has 0 aliphatic carbocycles. The minimum Gasteiger partial charge on any atom is -0.367 e. The van der Waals surface area contributed by atoms with Crippen LogP contribution in [0.1, 0.15) is 15.9 Å². The molecule has 1 amide bonds. The average Bonchev–Trinajstić information content (AvgIpc) is 3.29. The molecule has 0 radical (unpaired) electrons. The van der Waals surface area contributed by atoms with E-state index in [0.717, 1.165) is 11.1 Å². The van der Waals surface area contributed by atoms with Gasteiger partial charge in [0.2, 0.25) is 0 Å². The third-order valence-corrected chi connectivity index (χ3v) is 3.89. The highest BCUT2D eigenvalue weighted by Gasteiger charge is 2.12. The van der Waals surface area contributed by atoms with Crippen LogP contribution in [0.25, 0.3) is 17.0 Å². The number of amides is 1. The lowest BCUT2D eigenvalue weighted by atomic mass is 10.2. The first kappa shape index (κ1) is 15.1. The van der Waals surface area contributed by atoms with E-state index in [1.54, 1.807) is 41.1 Å². The molecule has 0 bridgehead atoms. The lowest BCUT2D eigenvalue weighted by Crippen LogP contribution is -2.23. The van der Waals surface area contributed by atoms with Gasteiger partial charge in [-0.1, -0.05) is 12.1 Å². The number of fused-ring (bicyclic) bond motifs is 1. The highest BCUT2D eigenvalue weighted by molar-refractivity contribution is 5.94. The molecule has 1 aromatic carbocycles. The van der Waals surface area contributed by atoms with E-state index in [0.29, 0.717) is 23.6 Å². The van der Waals surface area contributed by atoms with E-state index in [4.69, 9.17) is 0 Å². The summed E-state index contributed by atoms with van der Waals surface area (Å²) < 4.78 is 14.7. The molecule has 3 heterocycles. The van der Waals surface area contributed by atoms with Crippen LogP contribution in [0.5, 0.6) is 0 Å². The molecule has 0 spiro atoms. The Bertz CT molecular complexity index is 1020. The van der Waals surface area contributed by atoms with Gasteiger partial charge in [0.15, 0.2) is 11.5 Å². The maximum atomic E-state index is 12.9. The van der Waals surface area contributed by atoms with Gasteiger partial charge in [-0.25, -0.2) is 4.39 Å². The lowest BCUT2D eigenvalue weighted by Gasteiger charge is -2.06. The van der Waals surface area contributed by atoms with E-state index in [2.05, 4.69) is 20.5 Å². The zero-order valence-corrected chi connectivity index (χ0v) is 13.1. The highest BCUT2D eigenvalue weighted by Crippen LogP contribution is 2.18. The quantitative estimate of drug-likeness (QED) is 0.602. The molecule has 0 fully saturated rings. The van der Waals surface area contributed by atoms with E-state index in [9.17, 15) is 9.18 Å². The molecule has 0 atom stereocenters. The first-order chi connectivity index (χ1) is 12.2. The Morgan fingerprint density at radius 2 is 1.96 bits per heavy atom. The number of carbonyl (C=O) groups excluding carboxylic acids is 1. The number of hydrogen-bond acceptors (Lipinski definition) is 3. The topological polar surface area (TPSA) is 75.1 Å². The van der Waals surface area contributed by atoms with Gasteiger partial charge < -0.3 is 10.3 Å². The Kier molecular flexibility index (Phi) is 3.74. The smallest absolute Gasteiger partial charge is 0.253 e. The van der Waals surface area contributed by atoms with Crippen LogP contribution in [0.4, 0.5) is 4.39 Å². The molecular formula is C18H14FN5O. The van der Waals surface area contributed by atoms with Crippen LogP contribution >= 0.6 is 0 Å². The number of benzene rings is 1. The van der Waals surface area contributed by atoms with E-state index < -0.39 is 0 Å². The van der Waals surface area contributed by atoms with Crippen LogP contribution in [-0.2, 0) is 6.54 Å². The Labute approximate surface area is 142 Å². The highest BCUT2D eigenvalue weighted by atomic mass is 19.1. The largest absolute Gasteiger partial charge is 0.367 e. The second kappa shape index (κ2) is 6.20. The zero-order valence-electron chi connectivity index (χ0n) is 13.1. The molecular weight excluding hydrogens is 321 g/mol. The number of nitrogens with one attached hydrogen (secondary N) is 2. The SMILES string of the molecule is O=C(NCc1ccc(F)cc1)c1ccc2nnc(-c3cc[nH]c3)n2c1. The van der Waals surface area contributed by atoms with Gasteiger partial charge >= 0.3 is 0 Å². The van der Waals surface area contributed by atoms with Crippen molar-refractivity contribution >= 4 is 11.6 Å². The number of pyridine rings is 1. The standard InChI is InChI=1S/C18H14FN5O/c19-15-4-1-12(2-5-15)9-21-18(25)14-3-6-16-22-23-17(24(16)11-14)13-7-8-20-10-13/h1-8,10-11,20H,9H2,(H,21,25). The van der Waals surface area contributed by atoms with E-state index in [1.165, 1.54) is 12.1 Å². The van der Waals surface area contributed by atoms with Gasteiger partial charge in [0, 0.05) is 30.7 Å². The summed E-state index contributed by atoms with van der Waals surface area (Å²) in [6.07, 6.45) is 5.32. The summed E-state index contributed by atoms with van der Waals surface area (Å²) in [6.45, 7) is 0.323. The van der Waals surface area contributed by atoms with Crippen molar-refractivity contribution in [3.63, 3.8) is 0 Å². The molecule has 0 saturated heterocycles. The average molecular weight is 335 g/mol. The Morgan fingerprint density at radius 3 is 2.72 bits per heavy atom. The van der Waals surface area contributed by atoms with Crippen molar-refractivity contribution < 1.29 is 9.18 Å². The van der Waals surface area contributed by atoms with Gasteiger partial charge in [0.05, 0.1) is 5.56 Å². The summed E-state index contributed by atoms with van der Waals surface area (Å²) >= 11 is 0. The number of halogens is 1. The number of aromatic nitrogens is 4. The van der Waals surface area contributed by atoms with Crippen LogP contribution in [0.3, 0.4) is 0 Å². The number of nitrogens with zero attached hydrogens (tertiary/aromatic N) is 3. The maximum Gasteiger partial charge on any atom is 0.253 e. The van der Waals surface area contributed by atoms with Gasteiger partial charge in [-0.3, -0.25) is 9.20 Å². The van der Waals surface area contributed by atoms with E-state index >= 15 is 0 Å². The lowest BCUT2D eigenvalue weighted by molar-refractivity contribution is 0.0950. The third-order valence-electron chi connectivity index (χ3n) is 3.89. The molecule has 7 heteroatoms. The summed E-state index contributed by atoms with van der Waals surface area (Å²) in [7, 11) is 0. The Hall–Kier alpha value is -3.48. The summed E-state index contributed by atoms with van der Waals surface area (Å²) in [5.74, 6) is 0.134. The van der Waals surface area contributed by atoms with Gasteiger partial charge in [0.1, 0.15) is 5.82 Å². The molecule has 124 valence electrons. The summed E-state index contributed by atoms with van der Waals surface area (Å²) in [5, 5.41) is 11.1. The van der Waals surface area contributed by atoms with Gasteiger partial charge in [-0.2, -0.15) is 0 Å². The molecule has 2 N–H and O–H groups in total. The van der Waals surface area contributed by atoms with Crippen LogP contribution in [-0.4, -0.2) is 25.5 Å². The molecule has 4 rings (SSSR count). The van der Waals surface area contributed by atoms with Gasteiger partial charge in [-0.05, 0) is 35.9 Å². The van der Waals surface area contributed by atoms with Crippen LogP contribution in [0.15, 0.2) is 61.1 Å². The first-order valence-electron chi connectivity index (χ1n) is 7.71. The summed E-state index contributed by atoms with van der Waals surface area (Å²) in [5.41, 5.74) is 2.86. The second-order valence-corrected chi connectivity index (χ2v) is 5.58. The molecule has 3 aromatic heterocycles. The zero-order chi connectivity index (χ0) is 17.2. The van der Waals surface area contributed by atoms with Crippen LogP contribution in [0.2, 0.25) is 0 Å². The van der Waals surface area contributed by atoms with Gasteiger partial charge in [0.25, 0.3) is 5.91 Å². The predicted octanol–water partition coefficient (Wildman–Crippen LogP) is 2.79. The fourth-order valence-corrected chi connectivity index (χ4v) is 2.57. The summed E-state index contributed by atoms with van der Waals surface area (Å²) in [4.78, 5) is 15.4.